The van der Waals surface area contributed by atoms with Gasteiger partial charge in [0.15, 0.2) is 0 Å². The van der Waals surface area contributed by atoms with E-state index >= 15 is 0 Å². The third kappa shape index (κ3) is 8.87. The largest absolute Gasteiger partial charge is 1.00 e. The van der Waals surface area contributed by atoms with Gasteiger partial charge in [0.05, 0.1) is 0 Å². The summed E-state index contributed by atoms with van der Waals surface area (Å²) < 4.78 is 0. The summed E-state index contributed by atoms with van der Waals surface area (Å²) in [6, 6.07) is 0. The standard InChI is InChI=1S/Cu.La.Li.Ru.H/q;;+1;;-1. The molecule has 0 aromatic heterocycles. The van der Waals surface area contributed by atoms with E-state index in [-0.39, 0.29) is 92.4 Å². The molecule has 4 heavy (non-hydrogen) atoms. The molecule has 0 bridgehead atoms. The third-order valence-corrected chi connectivity index (χ3v) is 0. The summed E-state index contributed by atoms with van der Waals surface area (Å²) in [6.45, 7) is 0. The van der Waals surface area contributed by atoms with Crippen LogP contribution >= 0.6 is 0 Å². The summed E-state index contributed by atoms with van der Waals surface area (Å²) >= 11 is 0. The Labute approximate surface area is 90.7 Å². The Morgan fingerprint density at radius 2 is 1.25 bits per heavy atom. The Bertz CT molecular complexity index is 11.6. The molecule has 0 amide bonds. The Hall–Kier alpha value is 2.94. The molecule has 0 aromatic carbocycles. The Kier molecular flexibility index (Phi) is 119. The zero-order chi connectivity index (χ0) is 0. The van der Waals surface area contributed by atoms with Crippen LogP contribution in [0.5, 0.6) is 0 Å². The van der Waals surface area contributed by atoms with Crippen LogP contribution in [0.3, 0.4) is 0 Å². The summed E-state index contributed by atoms with van der Waals surface area (Å²) in [5, 5.41) is 0. The van der Waals surface area contributed by atoms with Crippen LogP contribution in [0.4, 0.5) is 0 Å². The van der Waals surface area contributed by atoms with Crippen LogP contribution in [0.2, 0.25) is 0 Å². The van der Waals surface area contributed by atoms with E-state index in [1.165, 1.54) is 0 Å². The average molecular weight is 311 g/mol. The molecule has 0 atom stereocenters. The van der Waals surface area contributed by atoms with Crippen LogP contribution in [0.1, 0.15) is 1.43 Å². The van der Waals surface area contributed by atoms with Gasteiger partial charge in [-0.1, -0.05) is 0 Å². The molecule has 0 aliphatic carbocycles. The van der Waals surface area contributed by atoms with Gasteiger partial charge in [0, 0.05) is 72.1 Å². The molecule has 0 N–H and O–H groups in total. The maximum Gasteiger partial charge on any atom is 1.00 e. The molecule has 0 fully saturated rings. The monoisotopic (exact) mass is 312 g/mol. The minimum atomic E-state index is 0. The van der Waals surface area contributed by atoms with Gasteiger partial charge in [-0.2, -0.15) is 0 Å². The first-order chi connectivity index (χ1) is 0. The topological polar surface area (TPSA) is 0 Å². The molecule has 2 radical (unpaired) electrons. The van der Waals surface area contributed by atoms with Gasteiger partial charge in [-0.25, -0.2) is 0 Å². The molecule has 0 rings (SSSR count). The van der Waals surface area contributed by atoms with Crippen LogP contribution in [-0.2, 0) is 36.5 Å². The first kappa shape index (κ1) is 28.4. The molecule has 0 saturated carbocycles. The maximum absolute atomic E-state index is 0. The number of hydrogen-bond donors (Lipinski definition) is 0. The minimum Gasteiger partial charge on any atom is -1.00 e. The van der Waals surface area contributed by atoms with E-state index in [1.807, 2.05) is 0 Å². The fraction of sp³-hybridized carbons (Fsp3) is 0. The molecule has 0 heterocycles. The molecule has 0 aromatic rings. The zero-order valence-electron chi connectivity index (χ0n) is 3.23. The second kappa shape index (κ2) is 16.8. The van der Waals surface area contributed by atoms with Crippen molar-refractivity contribution in [1.29, 1.82) is 0 Å². The predicted molar refractivity (Wildman–Crippen MR) is 1.11 cm³/mol. The maximum atomic E-state index is 0. The van der Waals surface area contributed by atoms with Crippen LogP contribution in [0.25, 0.3) is 0 Å². The van der Waals surface area contributed by atoms with Gasteiger partial charge < -0.3 is 1.43 Å². The smallest absolute Gasteiger partial charge is 1.00 e. The molecule has 4 heteroatoms. The molecule has 0 saturated heterocycles. The van der Waals surface area contributed by atoms with Crippen molar-refractivity contribution in [2.24, 2.45) is 0 Å². The molecule has 0 aliphatic heterocycles. The van der Waals surface area contributed by atoms with Crippen molar-refractivity contribution in [2.45, 2.75) is 0 Å². The Morgan fingerprint density at radius 1 is 1.25 bits per heavy atom. The van der Waals surface area contributed by atoms with Crippen molar-refractivity contribution < 1.29 is 92.4 Å². The number of hydrogen-bond acceptors (Lipinski definition) is 0. The van der Waals surface area contributed by atoms with E-state index in [2.05, 4.69) is 0 Å². The zero-order valence-corrected chi connectivity index (χ0v) is 8.54. The first-order valence-corrected chi connectivity index (χ1v) is 0. The second-order valence-corrected chi connectivity index (χ2v) is 0. The Balaban J connectivity index is 0. The van der Waals surface area contributed by atoms with Gasteiger partial charge in [0.1, 0.15) is 0 Å². The SMILES string of the molecule is [Cu].[H-].[La].[Li+].[Ru]. The van der Waals surface area contributed by atoms with Gasteiger partial charge in [-0.05, 0) is 0 Å². The van der Waals surface area contributed by atoms with E-state index in [4.69, 9.17) is 0 Å². The van der Waals surface area contributed by atoms with Crippen molar-refractivity contribution in [3.05, 3.63) is 0 Å². The van der Waals surface area contributed by atoms with E-state index in [1.54, 1.807) is 0 Å². The predicted octanol–water partition coefficient (Wildman–Crippen LogP) is -2.89. The average Bonchev–Trinajstić information content (AvgIpc) is 0. The van der Waals surface area contributed by atoms with Crippen molar-refractivity contribution >= 4 is 0 Å². The summed E-state index contributed by atoms with van der Waals surface area (Å²) in [4.78, 5) is 0. The van der Waals surface area contributed by atoms with Crippen LogP contribution in [0, 0.1) is 35.6 Å². The van der Waals surface area contributed by atoms with Gasteiger partial charge in [-0.15, -0.1) is 0 Å². The minimum absolute atomic E-state index is 0. The quantitative estimate of drug-likeness (QED) is 0.422. The summed E-state index contributed by atoms with van der Waals surface area (Å²) in [7, 11) is 0. The van der Waals surface area contributed by atoms with Gasteiger partial charge >= 0.3 is 18.9 Å². The van der Waals surface area contributed by atoms with Crippen LogP contribution < -0.4 is 18.9 Å². The van der Waals surface area contributed by atoms with Crippen molar-refractivity contribution in [2.75, 3.05) is 0 Å². The van der Waals surface area contributed by atoms with E-state index < -0.39 is 0 Å². The summed E-state index contributed by atoms with van der Waals surface area (Å²) in [5.74, 6) is 0. The number of rotatable bonds is 0. The van der Waals surface area contributed by atoms with Crippen molar-refractivity contribution in [3.63, 3.8) is 0 Å². The molecule has 0 aliphatic rings. The first-order valence-electron chi connectivity index (χ1n) is 0. The Morgan fingerprint density at radius 3 is 1.25 bits per heavy atom. The molecular weight excluding hydrogens is 310 g/mol. The van der Waals surface area contributed by atoms with E-state index in [9.17, 15) is 0 Å². The normalized spacial score (nSPS) is 0. The fourth-order valence-electron chi connectivity index (χ4n) is 0. The van der Waals surface area contributed by atoms with Gasteiger partial charge in [-0.3, -0.25) is 0 Å². The van der Waals surface area contributed by atoms with E-state index in [0.29, 0.717) is 0 Å². The van der Waals surface area contributed by atoms with Crippen molar-refractivity contribution in [3.8, 4) is 0 Å². The molecular formula is HCuLaLiRu. The molecule has 24 valence electrons. The fourth-order valence-corrected chi connectivity index (χ4v) is 0. The van der Waals surface area contributed by atoms with E-state index in [0.717, 1.165) is 0 Å². The molecule has 0 unspecified atom stereocenters. The summed E-state index contributed by atoms with van der Waals surface area (Å²) in [5.41, 5.74) is 0. The third-order valence-electron chi connectivity index (χ3n) is 0. The van der Waals surface area contributed by atoms with Crippen molar-refractivity contribution in [1.82, 2.24) is 0 Å². The van der Waals surface area contributed by atoms with Gasteiger partial charge in [0.25, 0.3) is 0 Å². The summed E-state index contributed by atoms with van der Waals surface area (Å²) in [6.07, 6.45) is 0. The molecule has 0 nitrogen and oxygen atoms in total. The molecule has 0 spiro atoms. The second-order valence-electron chi connectivity index (χ2n) is 0. The van der Waals surface area contributed by atoms with Gasteiger partial charge in [0.2, 0.25) is 0 Å². The van der Waals surface area contributed by atoms with Crippen LogP contribution in [0.15, 0.2) is 0 Å². The van der Waals surface area contributed by atoms with Crippen LogP contribution in [-0.4, -0.2) is 0 Å².